The van der Waals surface area contributed by atoms with Gasteiger partial charge in [0.25, 0.3) is 0 Å². The second-order valence-corrected chi connectivity index (χ2v) is 5.41. The van der Waals surface area contributed by atoms with Crippen LogP contribution in [-0.4, -0.2) is 32.8 Å². The molecule has 0 atom stereocenters. The third-order valence-corrected chi connectivity index (χ3v) is 4.06. The highest BCUT2D eigenvalue weighted by molar-refractivity contribution is 5.39. The molecule has 3 rings (SSSR count). The molecule has 5 heteroatoms. The van der Waals surface area contributed by atoms with Crippen LogP contribution < -0.4 is 4.90 Å². The summed E-state index contributed by atoms with van der Waals surface area (Å²) >= 11 is 0. The van der Waals surface area contributed by atoms with Crippen molar-refractivity contribution in [1.29, 1.82) is 0 Å². The molecule has 2 aromatic heterocycles. The Labute approximate surface area is 119 Å². The van der Waals surface area contributed by atoms with Crippen LogP contribution in [0.5, 0.6) is 0 Å². The second kappa shape index (κ2) is 5.61. The number of nitrogens with zero attached hydrogens (tertiary/aromatic N) is 5. The van der Waals surface area contributed by atoms with Gasteiger partial charge in [-0.15, -0.1) is 0 Å². The molecule has 0 amide bonds. The van der Waals surface area contributed by atoms with Crippen molar-refractivity contribution >= 4 is 5.82 Å². The van der Waals surface area contributed by atoms with Gasteiger partial charge in [0.1, 0.15) is 12.1 Å². The van der Waals surface area contributed by atoms with Crippen molar-refractivity contribution in [2.45, 2.75) is 39.2 Å². The molecule has 3 heterocycles. The lowest BCUT2D eigenvalue weighted by atomic mass is 9.91. The summed E-state index contributed by atoms with van der Waals surface area (Å²) in [6, 6.07) is 2.06. The topological polar surface area (TPSA) is 46.8 Å². The normalized spacial score (nSPS) is 16.6. The maximum atomic E-state index is 4.38. The van der Waals surface area contributed by atoms with Crippen molar-refractivity contribution in [2.75, 3.05) is 18.0 Å². The Morgan fingerprint density at radius 2 is 2.05 bits per heavy atom. The summed E-state index contributed by atoms with van der Waals surface area (Å²) in [5.41, 5.74) is 2.41. The third kappa shape index (κ3) is 2.66. The van der Waals surface area contributed by atoms with Crippen LogP contribution in [0.15, 0.2) is 24.8 Å². The van der Waals surface area contributed by atoms with Gasteiger partial charge in [0.05, 0.1) is 6.20 Å². The summed E-state index contributed by atoms with van der Waals surface area (Å²) in [5.74, 6) is 1.69. The molecular formula is C15H21N5. The average molecular weight is 271 g/mol. The van der Waals surface area contributed by atoms with Gasteiger partial charge < -0.3 is 4.90 Å². The van der Waals surface area contributed by atoms with E-state index in [9.17, 15) is 0 Å². The Morgan fingerprint density at radius 3 is 2.70 bits per heavy atom. The summed E-state index contributed by atoms with van der Waals surface area (Å²) < 4.78 is 2.01. The van der Waals surface area contributed by atoms with Gasteiger partial charge in [0.15, 0.2) is 0 Å². The molecule has 0 spiro atoms. The second-order valence-electron chi connectivity index (χ2n) is 5.41. The van der Waals surface area contributed by atoms with E-state index in [-0.39, 0.29) is 0 Å². The fraction of sp³-hybridized carbons (Fsp3) is 0.533. The van der Waals surface area contributed by atoms with E-state index < -0.39 is 0 Å². The molecule has 20 heavy (non-hydrogen) atoms. The number of piperidine rings is 1. The van der Waals surface area contributed by atoms with Gasteiger partial charge in [-0.3, -0.25) is 4.68 Å². The summed E-state index contributed by atoms with van der Waals surface area (Å²) in [6.07, 6.45) is 8.20. The number of rotatable bonds is 3. The number of anilines is 1. The summed E-state index contributed by atoms with van der Waals surface area (Å²) in [6.45, 7) is 7.18. The zero-order chi connectivity index (χ0) is 13.9. The molecule has 0 radical (unpaired) electrons. The van der Waals surface area contributed by atoms with E-state index in [1.54, 1.807) is 6.33 Å². The zero-order valence-corrected chi connectivity index (χ0v) is 12.2. The van der Waals surface area contributed by atoms with E-state index in [1.807, 2.05) is 17.8 Å². The van der Waals surface area contributed by atoms with Crippen molar-refractivity contribution in [2.24, 2.45) is 0 Å². The van der Waals surface area contributed by atoms with Crippen LogP contribution in [0, 0.1) is 6.92 Å². The largest absolute Gasteiger partial charge is 0.356 e. The van der Waals surface area contributed by atoms with Crippen LogP contribution in [0.3, 0.4) is 0 Å². The number of hydrogen-bond acceptors (Lipinski definition) is 4. The number of aromatic nitrogens is 4. The molecule has 0 bridgehead atoms. The summed E-state index contributed by atoms with van der Waals surface area (Å²) in [5, 5.41) is 4.38. The van der Waals surface area contributed by atoms with E-state index in [2.05, 4.69) is 39.2 Å². The lowest BCUT2D eigenvalue weighted by molar-refractivity contribution is 0.501. The molecule has 0 aromatic carbocycles. The van der Waals surface area contributed by atoms with Crippen LogP contribution in [-0.2, 0) is 6.54 Å². The van der Waals surface area contributed by atoms with Crippen LogP contribution in [0.1, 0.15) is 36.9 Å². The van der Waals surface area contributed by atoms with E-state index >= 15 is 0 Å². The quantitative estimate of drug-likeness (QED) is 0.860. The molecule has 5 nitrogen and oxygen atoms in total. The average Bonchev–Trinajstić information content (AvgIpc) is 2.96. The van der Waals surface area contributed by atoms with Gasteiger partial charge in [0.2, 0.25) is 0 Å². The first-order valence-corrected chi connectivity index (χ1v) is 7.32. The molecule has 2 aromatic rings. The predicted octanol–water partition coefficient (Wildman–Crippen LogP) is 2.39. The molecule has 0 aliphatic carbocycles. The minimum absolute atomic E-state index is 0.634. The minimum Gasteiger partial charge on any atom is -0.356 e. The summed E-state index contributed by atoms with van der Waals surface area (Å²) in [7, 11) is 0. The van der Waals surface area contributed by atoms with Crippen molar-refractivity contribution in [1.82, 2.24) is 19.7 Å². The fourth-order valence-corrected chi connectivity index (χ4v) is 2.82. The predicted molar refractivity (Wildman–Crippen MR) is 78.9 cm³/mol. The van der Waals surface area contributed by atoms with Crippen molar-refractivity contribution in [3.05, 3.63) is 36.0 Å². The highest BCUT2D eigenvalue weighted by Crippen LogP contribution is 2.29. The number of aryl methyl sites for hydroxylation is 2. The Morgan fingerprint density at radius 1 is 1.25 bits per heavy atom. The maximum Gasteiger partial charge on any atom is 0.132 e. The molecular weight excluding hydrogens is 250 g/mol. The van der Waals surface area contributed by atoms with E-state index in [0.717, 1.165) is 31.1 Å². The first-order valence-electron chi connectivity index (χ1n) is 7.32. The molecule has 1 saturated heterocycles. The monoisotopic (exact) mass is 271 g/mol. The Kier molecular flexibility index (Phi) is 3.67. The standard InChI is InChI=1S/C15H21N5/c1-3-20-10-14(9-18-20)13-4-6-19(7-5-13)15-8-12(2)16-11-17-15/h8-11,13H,3-7H2,1-2H3. The highest BCUT2D eigenvalue weighted by atomic mass is 15.3. The highest BCUT2D eigenvalue weighted by Gasteiger charge is 2.22. The van der Waals surface area contributed by atoms with Gasteiger partial charge in [-0.2, -0.15) is 5.10 Å². The van der Waals surface area contributed by atoms with Crippen LogP contribution in [0.25, 0.3) is 0 Å². The first-order chi connectivity index (χ1) is 9.76. The Hall–Kier alpha value is -1.91. The maximum absolute atomic E-state index is 4.38. The van der Waals surface area contributed by atoms with Crippen LogP contribution in [0.2, 0.25) is 0 Å². The Balaban J connectivity index is 1.64. The molecule has 0 saturated carbocycles. The molecule has 1 aliphatic rings. The molecule has 106 valence electrons. The first kappa shape index (κ1) is 13.1. The Bertz CT molecular complexity index is 569. The SMILES string of the molecule is CCn1cc(C2CCN(c3cc(C)ncn3)CC2)cn1. The third-order valence-electron chi connectivity index (χ3n) is 4.06. The molecule has 0 unspecified atom stereocenters. The van der Waals surface area contributed by atoms with Crippen molar-refractivity contribution < 1.29 is 0 Å². The van der Waals surface area contributed by atoms with Crippen LogP contribution in [0.4, 0.5) is 5.82 Å². The fourth-order valence-electron chi connectivity index (χ4n) is 2.82. The molecule has 0 N–H and O–H groups in total. The minimum atomic E-state index is 0.634. The van der Waals surface area contributed by atoms with Gasteiger partial charge >= 0.3 is 0 Å². The molecule has 1 fully saturated rings. The van der Waals surface area contributed by atoms with Crippen molar-refractivity contribution in [3.8, 4) is 0 Å². The van der Waals surface area contributed by atoms with Crippen molar-refractivity contribution in [3.63, 3.8) is 0 Å². The van der Waals surface area contributed by atoms with E-state index in [1.165, 1.54) is 18.4 Å². The summed E-state index contributed by atoms with van der Waals surface area (Å²) in [4.78, 5) is 10.9. The number of hydrogen-bond donors (Lipinski definition) is 0. The van der Waals surface area contributed by atoms with E-state index in [0.29, 0.717) is 5.92 Å². The van der Waals surface area contributed by atoms with Gasteiger partial charge in [0, 0.05) is 37.6 Å². The van der Waals surface area contributed by atoms with Gasteiger partial charge in [-0.1, -0.05) is 0 Å². The lowest BCUT2D eigenvalue weighted by Gasteiger charge is -2.32. The van der Waals surface area contributed by atoms with E-state index in [4.69, 9.17) is 0 Å². The molecule has 1 aliphatic heterocycles. The van der Waals surface area contributed by atoms with Crippen LogP contribution >= 0.6 is 0 Å². The smallest absolute Gasteiger partial charge is 0.132 e. The van der Waals surface area contributed by atoms with Gasteiger partial charge in [-0.25, -0.2) is 9.97 Å². The lowest BCUT2D eigenvalue weighted by Crippen LogP contribution is -2.33. The van der Waals surface area contributed by atoms with Gasteiger partial charge in [-0.05, 0) is 38.2 Å². The zero-order valence-electron chi connectivity index (χ0n) is 12.2.